The molecule has 2 N–H and O–H groups in total. The Hall–Kier alpha value is -1.67. The minimum atomic E-state index is -3.85. The number of sulfonamides is 1. The zero-order valence-corrected chi connectivity index (χ0v) is 11.7. The predicted octanol–water partition coefficient (Wildman–Crippen LogP) is 1.71. The first-order valence-electron chi connectivity index (χ1n) is 5.94. The summed E-state index contributed by atoms with van der Waals surface area (Å²) in [5.41, 5.74) is 0.0886. The van der Waals surface area contributed by atoms with Crippen molar-refractivity contribution in [2.45, 2.75) is 25.2 Å². The average Bonchev–Trinajstić information content (AvgIpc) is 2.36. The molecule has 0 spiro atoms. The first-order valence-corrected chi connectivity index (χ1v) is 7.42. The highest BCUT2D eigenvalue weighted by Gasteiger charge is 2.25. The lowest BCUT2D eigenvalue weighted by atomic mass is 10.3. The standard InChI is InChI=1S/C11H17N3O4S/c1-3-7-13-19(17,18)11-6-5-9(12-4-2)8-10(11)14(15)16/h5-6,8,12-13H,3-4,7H2,1-2H3. The maximum Gasteiger partial charge on any atom is 0.291 e. The van der Waals surface area contributed by atoms with Crippen LogP contribution in [0.15, 0.2) is 23.1 Å². The number of rotatable bonds is 7. The molecule has 0 aliphatic heterocycles. The topological polar surface area (TPSA) is 101 Å². The lowest BCUT2D eigenvalue weighted by molar-refractivity contribution is -0.387. The van der Waals surface area contributed by atoms with Crippen LogP contribution >= 0.6 is 0 Å². The van der Waals surface area contributed by atoms with Gasteiger partial charge in [0.1, 0.15) is 0 Å². The molecule has 0 saturated heterocycles. The fourth-order valence-electron chi connectivity index (χ4n) is 1.52. The van der Waals surface area contributed by atoms with Crippen molar-refractivity contribution < 1.29 is 13.3 Å². The summed E-state index contributed by atoms with van der Waals surface area (Å²) >= 11 is 0. The van der Waals surface area contributed by atoms with E-state index < -0.39 is 20.6 Å². The molecule has 0 heterocycles. The van der Waals surface area contributed by atoms with Crippen LogP contribution in [0.3, 0.4) is 0 Å². The number of anilines is 1. The fraction of sp³-hybridized carbons (Fsp3) is 0.455. The van der Waals surface area contributed by atoms with E-state index in [0.717, 1.165) is 0 Å². The van der Waals surface area contributed by atoms with Crippen LogP contribution in [-0.4, -0.2) is 26.4 Å². The maximum atomic E-state index is 11.9. The van der Waals surface area contributed by atoms with Gasteiger partial charge < -0.3 is 5.32 Å². The van der Waals surface area contributed by atoms with E-state index in [-0.39, 0.29) is 11.4 Å². The minimum Gasteiger partial charge on any atom is -0.385 e. The Morgan fingerprint density at radius 1 is 1.32 bits per heavy atom. The molecular weight excluding hydrogens is 270 g/mol. The number of nitro benzene ring substituents is 1. The van der Waals surface area contributed by atoms with Crippen molar-refractivity contribution in [2.24, 2.45) is 0 Å². The largest absolute Gasteiger partial charge is 0.385 e. The molecule has 1 aromatic rings. The van der Waals surface area contributed by atoms with Crippen molar-refractivity contribution in [3.63, 3.8) is 0 Å². The summed E-state index contributed by atoms with van der Waals surface area (Å²) in [6.07, 6.45) is 0.614. The molecule has 0 unspecified atom stereocenters. The number of benzene rings is 1. The molecular formula is C11H17N3O4S. The summed E-state index contributed by atoms with van der Waals surface area (Å²) in [6.45, 7) is 4.50. The molecule has 106 valence electrons. The molecule has 0 bridgehead atoms. The van der Waals surface area contributed by atoms with Gasteiger partial charge in [0.05, 0.1) is 4.92 Å². The molecule has 0 radical (unpaired) electrons. The van der Waals surface area contributed by atoms with Gasteiger partial charge in [0.2, 0.25) is 10.0 Å². The highest BCUT2D eigenvalue weighted by atomic mass is 32.2. The lowest BCUT2D eigenvalue weighted by Gasteiger charge is -2.08. The Bertz CT molecular complexity index is 557. The second-order valence-electron chi connectivity index (χ2n) is 3.87. The van der Waals surface area contributed by atoms with E-state index in [0.29, 0.717) is 18.7 Å². The number of nitro groups is 1. The monoisotopic (exact) mass is 287 g/mol. The summed E-state index contributed by atoms with van der Waals surface area (Å²) in [6, 6.07) is 3.98. The number of nitrogens with zero attached hydrogens (tertiary/aromatic N) is 1. The van der Waals surface area contributed by atoms with Crippen molar-refractivity contribution in [1.29, 1.82) is 0 Å². The van der Waals surface area contributed by atoms with Crippen LogP contribution in [0, 0.1) is 10.1 Å². The average molecular weight is 287 g/mol. The Morgan fingerprint density at radius 2 is 2.00 bits per heavy atom. The number of hydrogen-bond donors (Lipinski definition) is 2. The fourth-order valence-corrected chi connectivity index (χ4v) is 2.80. The third kappa shape index (κ3) is 3.90. The van der Waals surface area contributed by atoms with E-state index in [1.807, 2.05) is 13.8 Å². The van der Waals surface area contributed by atoms with Crippen molar-refractivity contribution in [1.82, 2.24) is 4.72 Å². The summed E-state index contributed by atoms with van der Waals surface area (Å²) in [4.78, 5) is 9.98. The van der Waals surface area contributed by atoms with Gasteiger partial charge in [-0.15, -0.1) is 0 Å². The van der Waals surface area contributed by atoms with Crippen LogP contribution < -0.4 is 10.0 Å². The normalized spacial score (nSPS) is 11.3. The van der Waals surface area contributed by atoms with Gasteiger partial charge in [-0.2, -0.15) is 0 Å². The van der Waals surface area contributed by atoms with Gasteiger partial charge in [-0.25, -0.2) is 13.1 Å². The summed E-state index contributed by atoms with van der Waals surface area (Å²) in [5.74, 6) is 0. The van der Waals surface area contributed by atoms with E-state index in [1.54, 1.807) is 0 Å². The second kappa shape index (κ2) is 6.48. The zero-order chi connectivity index (χ0) is 14.5. The van der Waals surface area contributed by atoms with E-state index in [4.69, 9.17) is 0 Å². The summed E-state index contributed by atoms with van der Waals surface area (Å²) < 4.78 is 26.2. The molecule has 8 heteroatoms. The van der Waals surface area contributed by atoms with Crippen molar-refractivity contribution in [2.75, 3.05) is 18.4 Å². The molecule has 0 aliphatic rings. The van der Waals surface area contributed by atoms with Crippen molar-refractivity contribution in [3.8, 4) is 0 Å². The van der Waals surface area contributed by atoms with Gasteiger partial charge in [-0.05, 0) is 25.5 Å². The highest BCUT2D eigenvalue weighted by Crippen LogP contribution is 2.27. The Morgan fingerprint density at radius 3 is 2.53 bits per heavy atom. The van der Waals surface area contributed by atoms with Crippen LogP contribution in [0.2, 0.25) is 0 Å². The predicted molar refractivity (Wildman–Crippen MR) is 72.7 cm³/mol. The van der Waals surface area contributed by atoms with E-state index in [1.165, 1.54) is 18.2 Å². The zero-order valence-electron chi connectivity index (χ0n) is 10.8. The molecule has 0 fully saturated rings. The SMILES string of the molecule is CCCNS(=O)(=O)c1ccc(NCC)cc1[N+](=O)[O-]. The van der Waals surface area contributed by atoms with Crippen LogP contribution in [0.5, 0.6) is 0 Å². The van der Waals surface area contributed by atoms with E-state index in [9.17, 15) is 18.5 Å². The molecule has 1 aromatic carbocycles. The molecule has 1 rings (SSSR count). The Labute approximate surface area is 112 Å². The van der Waals surface area contributed by atoms with Crippen LogP contribution in [-0.2, 0) is 10.0 Å². The Balaban J connectivity index is 3.23. The second-order valence-corrected chi connectivity index (χ2v) is 5.60. The molecule has 19 heavy (non-hydrogen) atoms. The quantitative estimate of drug-likeness (QED) is 0.587. The first-order chi connectivity index (χ1) is 8.92. The minimum absolute atomic E-state index is 0.244. The van der Waals surface area contributed by atoms with Gasteiger partial charge in [-0.3, -0.25) is 10.1 Å². The van der Waals surface area contributed by atoms with Crippen molar-refractivity contribution in [3.05, 3.63) is 28.3 Å². The van der Waals surface area contributed by atoms with Crippen LogP contribution in [0.1, 0.15) is 20.3 Å². The van der Waals surface area contributed by atoms with Crippen molar-refractivity contribution >= 4 is 21.4 Å². The van der Waals surface area contributed by atoms with E-state index in [2.05, 4.69) is 10.0 Å². The Kier molecular flexibility index (Phi) is 5.25. The van der Waals surface area contributed by atoms with Crippen LogP contribution in [0.25, 0.3) is 0 Å². The number of hydrogen-bond acceptors (Lipinski definition) is 5. The van der Waals surface area contributed by atoms with Gasteiger partial charge in [-0.1, -0.05) is 6.92 Å². The molecule has 0 aliphatic carbocycles. The highest BCUT2D eigenvalue weighted by molar-refractivity contribution is 7.89. The summed E-state index contributed by atoms with van der Waals surface area (Å²) in [5, 5.41) is 13.9. The molecule has 0 aromatic heterocycles. The molecule has 0 amide bonds. The molecule has 7 nitrogen and oxygen atoms in total. The van der Waals surface area contributed by atoms with Crippen LogP contribution in [0.4, 0.5) is 11.4 Å². The van der Waals surface area contributed by atoms with Gasteiger partial charge in [0.25, 0.3) is 5.69 Å². The summed E-state index contributed by atoms with van der Waals surface area (Å²) in [7, 11) is -3.85. The third-order valence-electron chi connectivity index (χ3n) is 2.37. The smallest absolute Gasteiger partial charge is 0.291 e. The number of nitrogens with one attached hydrogen (secondary N) is 2. The maximum absolute atomic E-state index is 11.9. The molecule has 0 saturated carbocycles. The molecule has 0 atom stereocenters. The van der Waals surface area contributed by atoms with Gasteiger partial charge in [0.15, 0.2) is 4.90 Å². The third-order valence-corrected chi connectivity index (χ3v) is 3.88. The van der Waals surface area contributed by atoms with E-state index >= 15 is 0 Å². The van der Waals surface area contributed by atoms with Gasteiger partial charge >= 0.3 is 0 Å². The van der Waals surface area contributed by atoms with Gasteiger partial charge in [0, 0.05) is 24.8 Å². The first kappa shape index (κ1) is 15.4. The lowest BCUT2D eigenvalue weighted by Crippen LogP contribution is -2.25.